The molecular formula is C12H15ClN2O3. The van der Waals surface area contributed by atoms with Crippen molar-refractivity contribution in [1.29, 1.82) is 0 Å². The quantitative estimate of drug-likeness (QED) is 0.780. The van der Waals surface area contributed by atoms with E-state index in [1.54, 1.807) is 6.07 Å². The van der Waals surface area contributed by atoms with Crippen LogP contribution in [0.15, 0.2) is 12.1 Å². The standard InChI is InChI=1S/C12H15ClN2O3/c13-8-4-5-10(15-11(8)12(17)18)14-9-3-1-2-7(9)6-16/h4-5,7,9,16H,1-3,6H2,(H,14,15)(H,17,18). The van der Waals surface area contributed by atoms with E-state index in [2.05, 4.69) is 10.3 Å². The molecule has 2 atom stereocenters. The maximum absolute atomic E-state index is 10.9. The van der Waals surface area contributed by atoms with Gasteiger partial charge in [-0.2, -0.15) is 0 Å². The second kappa shape index (κ2) is 5.54. The number of hydrogen-bond acceptors (Lipinski definition) is 4. The Morgan fingerprint density at radius 3 is 2.94 bits per heavy atom. The summed E-state index contributed by atoms with van der Waals surface area (Å²) in [4.78, 5) is 14.9. The Bertz CT molecular complexity index is 453. The summed E-state index contributed by atoms with van der Waals surface area (Å²) in [6, 6.07) is 3.32. The van der Waals surface area contributed by atoms with Crippen LogP contribution in [0.1, 0.15) is 29.8 Å². The summed E-state index contributed by atoms with van der Waals surface area (Å²) in [6.07, 6.45) is 2.99. The zero-order valence-corrected chi connectivity index (χ0v) is 10.5. The highest BCUT2D eigenvalue weighted by Crippen LogP contribution is 2.28. The normalized spacial score (nSPS) is 23.0. The van der Waals surface area contributed by atoms with Gasteiger partial charge in [-0.15, -0.1) is 0 Å². The van der Waals surface area contributed by atoms with Crippen molar-refractivity contribution in [2.24, 2.45) is 5.92 Å². The number of carbonyl (C=O) groups is 1. The first-order valence-electron chi connectivity index (χ1n) is 5.89. The molecule has 1 heterocycles. The van der Waals surface area contributed by atoms with Gasteiger partial charge in [-0.25, -0.2) is 9.78 Å². The third-order valence-corrected chi connectivity index (χ3v) is 3.58. The van der Waals surface area contributed by atoms with E-state index >= 15 is 0 Å². The molecule has 0 aliphatic heterocycles. The predicted octanol–water partition coefficient (Wildman–Crippen LogP) is 2.01. The molecule has 1 aromatic heterocycles. The Kier molecular flexibility index (Phi) is 4.04. The Balaban J connectivity index is 2.14. The summed E-state index contributed by atoms with van der Waals surface area (Å²) in [5, 5.41) is 21.5. The number of carboxylic acids is 1. The van der Waals surface area contributed by atoms with Crippen LogP contribution in [0.25, 0.3) is 0 Å². The Labute approximate surface area is 110 Å². The van der Waals surface area contributed by atoms with Crippen molar-refractivity contribution in [2.45, 2.75) is 25.3 Å². The van der Waals surface area contributed by atoms with Gasteiger partial charge in [0.15, 0.2) is 5.69 Å². The van der Waals surface area contributed by atoms with Crippen molar-refractivity contribution >= 4 is 23.4 Å². The lowest BCUT2D eigenvalue weighted by molar-refractivity contribution is 0.0691. The first-order chi connectivity index (χ1) is 8.61. The maximum atomic E-state index is 10.9. The molecule has 1 aromatic rings. The van der Waals surface area contributed by atoms with Gasteiger partial charge < -0.3 is 15.5 Å². The second-order valence-corrected chi connectivity index (χ2v) is 4.86. The number of aliphatic hydroxyl groups excluding tert-OH is 1. The van der Waals surface area contributed by atoms with Crippen LogP contribution in [0.5, 0.6) is 0 Å². The van der Waals surface area contributed by atoms with Crippen LogP contribution in [0.2, 0.25) is 5.02 Å². The van der Waals surface area contributed by atoms with E-state index in [4.69, 9.17) is 16.7 Å². The van der Waals surface area contributed by atoms with Crippen LogP contribution in [-0.4, -0.2) is 33.8 Å². The van der Waals surface area contributed by atoms with Gasteiger partial charge in [0.1, 0.15) is 5.82 Å². The van der Waals surface area contributed by atoms with Crippen LogP contribution in [0, 0.1) is 5.92 Å². The van der Waals surface area contributed by atoms with Crippen LogP contribution >= 0.6 is 11.6 Å². The molecule has 18 heavy (non-hydrogen) atoms. The fraction of sp³-hybridized carbons (Fsp3) is 0.500. The lowest BCUT2D eigenvalue weighted by Crippen LogP contribution is -2.27. The van der Waals surface area contributed by atoms with Crippen LogP contribution in [0.3, 0.4) is 0 Å². The van der Waals surface area contributed by atoms with Gasteiger partial charge in [-0.3, -0.25) is 0 Å². The van der Waals surface area contributed by atoms with Gasteiger partial charge in [0, 0.05) is 18.6 Å². The van der Waals surface area contributed by atoms with Crippen molar-refractivity contribution in [1.82, 2.24) is 4.98 Å². The number of aliphatic hydroxyl groups is 1. The summed E-state index contributed by atoms with van der Waals surface area (Å²) in [5.74, 6) is -0.452. The lowest BCUT2D eigenvalue weighted by atomic mass is 10.1. The van der Waals surface area contributed by atoms with E-state index in [0.29, 0.717) is 5.82 Å². The minimum absolute atomic E-state index is 0.123. The molecule has 2 rings (SSSR count). The first-order valence-corrected chi connectivity index (χ1v) is 6.27. The molecule has 1 aliphatic carbocycles. The number of nitrogens with zero attached hydrogens (tertiary/aromatic N) is 1. The Morgan fingerprint density at radius 2 is 2.28 bits per heavy atom. The Morgan fingerprint density at radius 1 is 1.50 bits per heavy atom. The molecule has 5 nitrogen and oxygen atoms in total. The topological polar surface area (TPSA) is 82.5 Å². The molecule has 0 amide bonds. The molecule has 6 heteroatoms. The third kappa shape index (κ3) is 2.73. The number of aromatic carboxylic acids is 1. The number of rotatable bonds is 4. The summed E-state index contributed by atoms with van der Waals surface area (Å²) in [6.45, 7) is 0.136. The molecule has 1 saturated carbocycles. The zero-order chi connectivity index (χ0) is 13.1. The number of hydrogen-bond donors (Lipinski definition) is 3. The van der Waals surface area contributed by atoms with Crippen LogP contribution in [-0.2, 0) is 0 Å². The van der Waals surface area contributed by atoms with Gasteiger partial charge in [0.25, 0.3) is 0 Å². The molecule has 2 unspecified atom stereocenters. The summed E-state index contributed by atoms with van der Waals surface area (Å²) in [5.41, 5.74) is -0.153. The van der Waals surface area contributed by atoms with E-state index < -0.39 is 5.97 Å². The van der Waals surface area contributed by atoms with Gasteiger partial charge in [0.05, 0.1) is 5.02 Å². The highest BCUT2D eigenvalue weighted by atomic mass is 35.5. The highest BCUT2D eigenvalue weighted by Gasteiger charge is 2.27. The highest BCUT2D eigenvalue weighted by molar-refractivity contribution is 6.33. The Hall–Kier alpha value is -1.33. The van der Waals surface area contributed by atoms with Gasteiger partial charge >= 0.3 is 5.97 Å². The number of carboxylic acid groups (broad SMARTS) is 1. The molecular weight excluding hydrogens is 256 g/mol. The fourth-order valence-electron chi connectivity index (χ4n) is 2.31. The second-order valence-electron chi connectivity index (χ2n) is 4.46. The van der Waals surface area contributed by atoms with E-state index in [0.717, 1.165) is 19.3 Å². The number of pyridine rings is 1. The van der Waals surface area contributed by atoms with Crippen molar-refractivity contribution in [2.75, 3.05) is 11.9 Å². The minimum atomic E-state index is -1.14. The number of anilines is 1. The average Bonchev–Trinajstić information content (AvgIpc) is 2.78. The smallest absolute Gasteiger partial charge is 0.356 e. The van der Waals surface area contributed by atoms with Crippen LogP contribution in [0.4, 0.5) is 5.82 Å². The van der Waals surface area contributed by atoms with E-state index in [9.17, 15) is 9.90 Å². The predicted molar refractivity (Wildman–Crippen MR) is 68.0 cm³/mol. The van der Waals surface area contributed by atoms with Gasteiger partial charge in [-0.05, 0) is 25.0 Å². The summed E-state index contributed by atoms with van der Waals surface area (Å²) in [7, 11) is 0. The minimum Gasteiger partial charge on any atom is -0.476 e. The van der Waals surface area contributed by atoms with Crippen LogP contribution < -0.4 is 5.32 Å². The molecule has 0 bridgehead atoms. The average molecular weight is 271 g/mol. The SMILES string of the molecule is O=C(O)c1nc(NC2CCCC2CO)ccc1Cl. The fourth-order valence-corrected chi connectivity index (χ4v) is 2.49. The van der Waals surface area contributed by atoms with Gasteiger partial charge in [-0.1, -0.05) is 18.0 Å². The van der Waals surface area contributed by atoms with Crippen molar-refractivity contribution < 1.29 is 15.0 Å². The van der Waals surface area contributed by atoms with Crippen molar-refractivity contribution in [3.63, 3.8) is 0 Å². The third-order valence-electron chi connectivity index (χ3n) is 3.28. The van der Waals surface area contributed by atoms with E-state index in [1.807, 2.05) is 0 Å². The number of nitrogens with one attached hydrogen (secondary N) is 1. The van der Waals surface area contributed by atoms with Crippen molar-refractivity contribution in [3.05, 3.63) is 22.8 Å². The molecule has 0 aromatic carbocycles. The molecule has 1 aliphatic rings. The molecule has 0 radical (unpaired) electrons. The molecule has 0 spiro atoms. The number of aromatic nitrogens is 1. The van der Waals surface area contributed by atoms with E-state index in [1.165, 1.54) is 6.07 Å². The van der Waals surface area contributed by atoms with Gasteiger partial charge in [0.2, 0.25) is 0 Å². The summed E-state index contributed by atoms with van der Waals surface area (Å²) < 4.78 is 0. The van der Waals surface area contributed by atoms with Crippen molar-refractivity contribution in [3.8, 4) is 0 Å². The first kappa shape index (κ1) is 13.1. The lowest BCUT2D eigenvalue weighted by Gasteiger charge is -2.19. The monoisotopic (exact) mass is 270 g/mol. The molecule has 1 fully saturated rings. The summed E-state index contributed by atoms with van der Waals surface area (Å²) >= 11 is 5.75. The maximum Gasteiger partial charge on any atom is 0.356 e. The molecule has 3 N–H and O–H groups in total. The number of halogens is 1. The largest absolute Gasteiger partial charge is 0.476 e. The zero-order valence-electron chi connectivity index (χ0n) is 9.77. The van der Waals surface area contributed by atoms with E-state index in [-0.39, 0.29) is 29.3 Å². The molecule has 0 saturated heterocycles. The molecule has 98 valence electrons.